The lowest BCUT2D eigenvalue weighted by molar-refractivity contribution is -0.00575. The molecule has 16 heavy (non-hydrogen) atoms. The summed E-state index contributed by atoms with van der Waals surface area (Å²) in [6.45, 7) is 10.5. The molecule has 0 saturated heterocycles. The zero-order valence-electron chi connectivity index (χ0n) is 11.3. The molecule has 0 aliphatic rings. The minimum Gasteiger partial charge on any atom is -0.389 e. The van der Waals surface area contributed by atoms with Crippen molar-refractivity contribution in [2.24, 2.45) is 0 Å². The second kappa shape index (κ2) is 7.22. The number of rotatable bonds is 9. The van der Waals surface area contributed by atoms with Crippen LogP contribution in [0.4, 0.5) is 0 Å². The number of methoxy groups -OCH3 is 1. The predicted octanol–water partition coefficient (Wildman–Crippen LogP) is 1.18. The number of aliphatic hydroxyl groups is 1. The Balaban J connectivity index is 3.51. The molecule has 0 amide bonds. The summed E-state index contributed by atoms with van der Waals surface area (Å²) < 4.78 is 10.2. The first-order valence-electron chi connectivity index (χ1n) is 5.85. The van der Waals surface area contributed by atoms with E-state index in [0.717, 1.165) is 19.6 Å². The SMILES string of the molecule is COCCOCCCNC(C)(C)C(C)(C)O. The lowest BCUT2D eigenvalue weighted by Crippen LogP contribution is -2.56. The molecule has 0 aromatic heterocycles. The van der Waals surface area contributed by atoms with Crippen LogP contribution in [0.1, 0.15) is 34.1 Å². The Hall–Kier alpha value is -0.160. The highest BCUT2D eigenvalue weighted by Gasteiger charge is 2.33. The van der Waals surface area contributed by atoms with E-state index in [-0.39, 0.29) is 5.54 Å². The normalized spacial score (nSPS) is 13.1. The second-order valence-corrected chi connectivity index (χ2v) is 5.07. The second-order valence-electron chi connectivity index (χ2n) is 5.07. The first-order chi connectivity index (χ1) is 7.31. The fourth-order valence-electron chi connectivity index (χ4n) is 1.04. The summed E-state index contributed by atoms with van der Waals surface area (Å²) in [5.74, 6) is 0. The highest BCUT2D eigenvalue weighted by Crippen LogP contribution is 2.20. The molecular weight excluding hydrogens is 206 g/mol. The zero-order chi connectivity index (χ0) is 12.7. The van der Waals surface area contributed by atoms with E-state index in [1.54, 1.807) is 7.11 Å². The Morgan fingerprint density at radius 1 is 1.06 bits per heavy atom. The van der Waals surface area contributed by atoms with Crippen LogP contribution in [0.25, 0.3) is 0 Å². The summed E-state index contributed by atoms with van der Waals surface area (Å²) in [5, 5.41) is 13.2. The Morgan fingerprint density at radius 3 is 2.19 bits per heavy atom. The molecule has 0 aliphatic heterocycles. The predicted molar refractivity (Wildman–Crippen MR) is 65.7 cm³/mol. The lowest BCUT2D eigenvalue weighted by atomic mass is 9.86. The molecule has 0 fully saturated rings. The van der Waals surface area contributed by atoms with Crippen LogP contribution in [0.5, 0.6) is 0 Å². The maximum absolute atomic E-state index is 9.91. The third-order valence-corrected chi connectivity index (χ3v) is 2.99. The van der Waals surface area contributed by atoms with E-state index in [1.165, 1.54) is 0 Å². The van der Waals surface area contributed by atoms with Crippen LogP contribution >= 0.6 is 0 Å². The standard InChI is InChI=1S/C12H27NO3/c1-11(2,12(3,4)14)13-7-6-8-16-10-9-15-5/h13-14H,6-10H2,1-5H3. The van der Waals surface area contributed by atoms with Crippen molar-refractivity contribution < 1.29 is 14.6 Å². The van der Waals surface area contributed by atoms with Crippen molar-refractivity contribution in [1.82, 2.24) is 5.32 Å². The fourth-order valence-corrected chi connectivity index (χ4v) is 1.04. The van der Waals surface area contributed by atoms with Crippen molar-refractivity contribution >= 4 is 0 Å². The third-order valence-electron chi connectivity index (χ3n) is 2.99. The molecule has 0 atom stereocenters. The highest BCUT2D eigenvalue weighted by molar-refractivity contribution is 4.93. The first kappa shape index (κ1) is 15.8. The molecule has 0 radical (unpaired) electrons. The molecule has 0 aromatic rings. The van der Waals surface area contributed by atoms with Gasteiger partial charge in [0.15, 0.2) is 0 Å². The van der Waals surface area contributed by atoms with E-state index in [1.807, 2.05) is 27.7 Å². The molecule has 0 aromatic carbocycles. The lowest BCUT2D eigenvalue weighted by Gasteiger charge is -2.38. The number of hydrogen-bond donors (Lipinski definition) is 2. The molecule has 0 unspecified atom stereocenters. The van der Waals surface area contributed by atoms with Crippen LogP contribution in [-0.2, 0) is 9.47 Å². The van der Waals surface area contributed by atoms with E-state index in [4.69, 9.17) is 9.47 Å². The van der Waals surface area contributed by atoms with Crippen LogP contribution in [0, 0.1) is 0 Å². The monoisotopic (exact) mass is 233 g/mol. The Bertz CT molecular complexity index is 176. The van der Waals surface area contributed by atoms with Gasteiger partial charge in [-0.05, 0) is 40.7 Å². The maximum Gasteiger partial charge on any atom is 0.0767 e. The molecule has 0 bridgehead atoms. The summed E-state index contributed by atoms with van der Waals surface area (Å²) in [6.07, 6.45) is 0.934. The third kappa shape index (κ3) is 6.43. The maximum atomic E-state index is 9.91. The van der Waals surface area contributed by atoms with Gasteiger partial charge in [0.25, 0.3) is 0 Å². The van der Waals surface area contributed by atoms with Gasteiger partial charge in [-0.2, -0.15) is 0 Å². The largest absolute Gasteiger partial charge is 0.389 e. The van der Waals surface area contributed by atoms with Crippen molar-refractivity contribution in [3.63, 3.8) is 0 Å². The van der Waals surface area contributed by atoms with Crippen molar-refractivity contribution in [2.75, 3.05) is 33.5 Å². The van der Waals surface area contributed by atoms with Crippen molar-refractivity contribution in [3.05, 3.63) is 0 Å². The van der Waals surface area contributed by atoms with Gasteiger partial charge in [-0.1, -0.05) is 0 Å². The van der Waals surface area contributed by atoms with E-state index in [0.29, 0.717) is 13.2 Å². The van der Waals surface area contributed by atoms with Gasteiger partial charge < -0.3 is 19.9 Å². The van der Waals surface area contributed by atoms with E-state index < -0.39 is 5.60 Å². The smallest absolute Gasteiger partial charge is 0.0767 e. The minimum absolute atomic E-state index is 0.292. The quantitative estimate of drug-likeness (QED) is 0.587. The van der Waals surface area contributed by atoms with Gasteiger partial charge in [0.2, 0.25) is 0 Å². The zero-order valence-corrected chi connectivity index (χ0v) is 11.3. The van der Waals surface area contributed by atoms with Crippen LogP contribution in [0.15, 0.2) is 0 Å². The molecule has 0 rings (SSSR count). The van der Waals surface area contributed by atoms with Gasteiger partial charge in [0, 0.05) is 19.3 Å². The molecule has 4 heteroatoms. The van der Waals surface area contributed by atoms with Crippen LogP contribution < -0.4 is 5.32 Å². The van der Waals surface area contributed by atoms with Gasteiger partial charge >= 0.3 is 0 Å². The summed E-state index contributed by atoms with van der Waals surface area (Å²) in [7, 11) is 1.66. The summed E-state index contributed by atoms with van der Waals surface area (Å²) in [5.41, 5.74) is -1.02. The first-order valence-corrected chi connectivity index (χ1v) is 5.85. The van der Waals surface area contributed by atoms with Crippen LogP contribution in [-0.4, -0.2) is 49.7 Å². The van der Waals surface area contributed by atoms with Crippen LogP contribution in [0.2, 0.25) is 0 Å². The van der Waals surface area contributed by atoms with Crippen LogP contribution in [0.3, 0.4) is 0 Å². The molecule has 0 saturated carbocycles. The van der Waals surface area contributed by atoms with E-state index >= 15 is 0 Å². The fraction of sp³-hybridized carbons (Fsp3) is 1.00. The summed E-state index contributed by atoms with van der Waals surface area (Å²) in [6, 6.07) is 0. The molecule has 4 nitrogen and oxygen atoms in total. The van der Waals surface area contributed by atoms with Crippen molar-refractivity contribution in [2.45, 2.75) is 45.3 Å². The Labute approximate surface area is 99.3 Å². The molecule has 0 spiro atoms. The van der Waals surface area contributed by atoms with Crippen molar-refractivity contribution in [3.8, 4) is 0 Å². The summed E-state index contributed by atoms with van der Waals surface area (Å²) >= 11 is 0. The number of nitrogens with one attached hydrogen (secondary N) is 1. The molecule has 98 valence electrons. The Kier molecular flexibility index (Phi) is 7.15. The van der Waals surface area contributed by atoms with Gasteiger partial charge in [-0.25, -0.2) is 0 Å². The topological polar surface area (TPSA) is 50.7 Å². The molecule has 0 aliphatic carbocycles. The van der Waals surface area contributed by atoms with Gasteiger partial charge in [0.05, 0.1) is 18.8 Å². The molecule has 2 N–H and O–H groups in total. The number of hydrogen-bond acceptors (Lipinski definition) is 4. The number of ether oxygens (including phenoxy) is 2. The van der Waals surface area contributed by atoms with E-state index in [9.17, 15) is 5.11 Å². The van der Waals surface area contributed by atoms with E-state index in [2.05, 4.69) is 5.32 Å². The molecule has 0 heterocycles. The minimum atomic E-state index is -0.732. The van der Waals surface area contributed by atoms with Gasteiger partial charge in [-0.15, -0.1) is 0 Å². The molecular formula is C12H27NO3. The highest BCUT2D eigenvalue weighted by atomic mass is 16.5. The summed E-state index contributed by atoms with van der Waals surface area (Å²) in [4.78, 5) is 0. The average Bonchev–Trinajstić information content (AvgIpc) is 2.14. The average molecular weight is 233 g/mol. The Morgan fingerprint density at radius 2 is 1.69 bits per heavy atom. The van der Waals surface area contributed by atoms with Crippen molar-refractivity contribution in [1.29, 1.82) is 0 Å². The van der Waals surface area contributed by atoms with Gasteiger partial charge in [0.1, 0.15) is 0 Å². The van der Waals surface area contributed by atoms with Gasteiger partial charge in [-0.3, -0.25) is 0 Å².